The predicted octanol–water partition coefficient (Wildman–Crippen LogP) is 3.08. The molecule has 0 aromatic carbocycles. The summed E-state index contributed by atoms with van der Waals surface area (Å²) in [7, 11) is 0. The Morgan fingerprint density at radius 1 is 1.20 bits per heavy atom. The summed E-state index contributed by atoms with van der Waals surface area (Å²) >= 11 is 0. The van der Waals surface area contributed by atoms with E-state index in [1.165, 1.54) is 0 Å². The zero-order chi connectivity index (χ0) is 21.0. The molecule has 1 aromatic rings. The summed E-state index contributed by atoms with van der Waals surface area (Å²) in [6.45, 7) is 7.90. The molecule has 1 amide bonds. The number of rotatable bonds is 7. The van der Waals surface area contributed by atoms with Crippen LogP contribution in [0.15, 0.2) is 10.6 Å². The summed E-state index contributed by atoms with van der Waals surface area (Å²) in [4.78, 5) is 15.3. The molecule has 0 spiro atoms. The highest BCUT2D eigenvalue weighted by Crippen LogP contribution is 2.29. The first kappa shape index (κ1) is 21.7. The van der Waals surface area contributed by atoms with E-state index in [4.69, 9.17) is 18.7 Å². The minimum Gasteiger partial charge on any atom is -0.381 e. The Bertz CT molecular complexity index is 695. The van der Waals surface area contributed by atoms with Gasteiger partial charge in [0.15, 0.2) is 6.29 Å². The molecule has 4 heterocycles. The number of likely N-dealkylation sites (tertiary alicyclic amines) is 1. The lowest BCUT2D eigenvalue weighted by atomic mass is 9.90. The van der Waals surface area contributed by atoms with Gasteiger partial charge in [-0.25, -0.2) is 0 Å². The molecule has 1 N–H and O–H groups in total. The van der Waals surface area contributed by atoms with Crippen LogP contribution in [0.25, 0.3) is 0 Å². The molecule has 30 heavy (non-hydrogen) atoms. The van der Waals surface area contributed by atoms with Gasteiger partial charge in [-0.05, 0) is 51.5 Å². The van der Waals surface area contributed by atoms with Crippen molar-refractivity contribution < 1.29 is 23.5 Å². The van der Waals surface area contributed by atoms with Gasteiger partial charge in [-0.2, -0.15) is 0 Å². The van der Waals surface area contributed by atoms with E-state index in [1.807, 2.05) is 6.07 Å². The van der Waals surface area contributed by atoms with Crippen molar-refractivity contribution in [1.29, 1.82) is 0 Å². The molecule has 3 fully saturated rings. The smallest absolute Gasteiger partial charge is 0.244 e. The summed E-state index contributed by atoms with van der Waals surface area (Å²) in [5.41, 5.74) is 0.427. The molecule has 8 heteroatoms. The molecule has 0 radical (unpaired) electrons. The summed E-state index contributed by atoms with van der Waals surface area (Å²) in [6, 6.07) is 2.14. The number of carbonyl (C=O) groups is 1. The third-order valence-electron chi connectivity index (χ3n) is 6.47. The average molecular weight is 422 g/mol. The van der Waals surface area contributed by atoms with Crippen LogP contribution in [-0.2, 0) is 24.4 Å². The van der Waals surface area contributed by atoms with Crippen molar-refractivity contribution in [3.63, 3.8) is 0 Å². The zero-order valence-electron chi connectivity index (χ0n) is 18.2. The van der Waals surface area contributed by atoms with E-state index in [1.54, 1.807) is 0 Å². The average Bonchev–Trinajstić information content (AvgIpc) is 3.44. The summed E-state index contributed by atoms with van der Waals surface area (Å²) in [5, 5.41) is 7.14. The van der Waals surface area contributed by atoms with E-state index in [-0.39, 0.29) is 23.7 Å². The first-order valence-electron chi connectivity index (χ1n) is 11.4. The van der Waals surface area contributed by atoms with Crippen molar-refractivity contribution in [2.75, 3.05) is 38.3 Å². The maximum atomic E-state index is 12.9. The molecule has 8 nitrogen and oxygen atoms in total. The summed E-state index contributed by atoms with van der Waals surface area (Å²) in [6.07, 6.45) is 6.95. The highest BCUT2D eigenvalue weighted by molar-refractivity contribution is 5.94. The Morgan fingerprint density at radius 2 is 2.03 bits per heavy atom. The number of ether oxygens (including phenoxy) is 3. The minimum absolute atomic E-state index is 0.00801. The number of amides is 1. The Morgan fingerprint density at radius 3 is 2.80 bits per heavy atom. The van der Waals surface area contributed by atoms with Gasteiger partial charge in [0.2, 0.25) is 11.8 Å². The number of anilines is 1. The highest BCUT2D eigenvalue weighted by Gasteiger charge is 2.36. The Kier molecular flexibility index (Phi) is 7.08. The molecule has 0 saturated carbocycles. The number of nitrogens with zero attached hydrogens (tertiary/aromatic N) is 2. The van der Waals surface area contributed by atoms with Crippen molar-refractivity contribution in [2.24, 2.45) is 0 Å². The molecule has 0 bridgehead atoms. The molecular formula is C22H35N3O5. The van der Waals surface area contributed by atoms with Crippen molar-refractivity contribution in [3.05, 3.63) is 11.8 Å². The zero-order valence-corrected chi connectivity index (χ0v) is 18.2. The lowest BCUT2D eigenvalue weighted by Crippen LogP contribution is -2.47. The lowest BCUT2D eigenvalue weighted by molar-refractivity contribution is -0.170. The Hall–Kier alpha value is -1.48. The molecule has 168 valence electrons. The molecule has 0 aliphatic carbocycles. The van der Waals surface area contributed by atoms with Crippen molar-refractivity contribution in [3.8, 4) is 0 Å². The first-order chi connectivity index (χ1) is 14.5. The number of carbonyl (C=O) groups excluding carboxylic acids is 1. The summed E-state index contributed by atoms with van der Waals surface area (Å²) in [5.74, 6) is 0.391. The van der Waals surface area contributed by atoms with Crippen LogP contribution in [0.1, 0.15) is 64.5 Å². The monoisotopic (exact) mass is 421 g/mol. The van der Waals surface area contributed by atoms with E-state index < -0.39 is 0 Å². The van der Waals surface area contributed by atoms with Gasteiger partial charge < -0.3 is 18.7 Å². The van der Waals surface area contributed by atoms with Gasteiger partial charge in [0.1, 0.15) is 0 Å². The fourth-order valence-electron chi connectivity index (χ4n) is 4.60. The van der Waals surface area contributed by atoms with Gasteiger partial charge in [-0.15, -0.1) is 0 Å². The summed E-state index contributed by atoms with van der Waals surface area (Å²) < 4.78 is 22.5. The van der Waals surface area contributed by atoms with Crippen LogP contribution >= 0.6 is 0 Å². The quantitative estimate of drug-likeness (QED) is 0.724. The molecule has 2 atom stereocenters. The number of hydrogen-bond donors (Lipinski definition) is 1. The van der Waals surface area contributed by atoms with Gasteiger partial charge in [0.25, 0.3) is 0 Å². The van der Waals surface area contributed by atoms with Gasteiger partial charge >= 0.3 is 0 Å². The van der Waals surface area contributed by atoms with Crippen molar-refractivity contribution in [1.82, 2.24) is 10.1 Å². The molecule has 3 aliphatic rings. The topological polar surface area (TPSA) is 86.1 Å². The van der Waals surface area contributed by atoms with E-state index >= 15 is 0 Å². The third kappa shape index (κ3) is 5.22. The van der Waals surface area contributed by atoms with Crippen LogP contribution < -0.4 is 5.32 Å². The van der Waals surface area contributed by atoms with Gasteiger partial charge in [0.05, 0.1) is 18.3 Å². The van der Waals surface area contributed by atoms with Crippen molar-refractivity contribution >= 4 is 11.8 Å². The predicted molar refractivity (Wildman–Crippen MR) is 111 cm³/mol. The van der Waals surface area contributed by atoms with E-state index in [0.29, 0.717) is 18.5 Å². The van der Waals surface area contributed by atoms with E-state index in [9.17, 15) is 4.79 Å². The molecule has 1 aromatic heterocycles. The van der Waals surface area contributed by atoms with E-state index in [0.717, 1.165) is 77.0 Å². The number of hydrogen-bond acceptors (Lipinski definition) is 7. The number of aromatic nitrogens is 1. The van der Waals surface area contributed by atoms with Gasteiger partial charge in [-0.1, -0.05) is 19.0 Å². The van der Waals surface area contributed by atoms with Crippen LogP contribution in [0.3, 0.4) is 0 Å². The number of nitrogens with one attached hydrogen (secondary N) is 1. The molecular weight excluding hydrogens is 386 g/mol. The minimum atomic E-state index is -0.339. The molecule has 4 rings (SSSR count). The molecule has 3 aliphatic heterocycles. The maximum absolute atomic E-state index is 12.9. The van der Waals surface area contributed by atoms with Crippen LogP contribution in [0.4, 0.5) is 5.88 Å². The fraction of sp³-hybridized carbons (Fsp3) is 0.818. The Labute approximate surface area is 178 Å². The highest BCUT2D eigenvalue weighted by atomic mass is 16.7. The third-order valence-corrected chi connectivity index (χ3v) is 6.47. The van der Waals surface area contributed by atoms with Crippen molar-refractivity contribution in [2.45, 2.75) is 82.6 Å². The molecule has 3 saturated heterocycles. The van der Waals surface area contributed by atoms with Crippen LogP contribution in [0.5, 0.6) is 0 Å². The second kappa shape index (κ2) is 9.77. The second-order valence-electron chi connectivity index (χ2n) is 9.30. The van der Waals surface area contributed by atoms with Crippen LogP contribution in [0, 0.1) is 0 Å². The Balaban J connectivity index is 1.32. The van der Waals surface area contributed by atoms with Gasteiger partial charge in [-0.3, -0.25) is 15.0 Å². The standard InChI is InChI=1S/C22H35N3O5/c1-22(2,15-29-20-7-3-4-11-28-20)18-14-19(30-24-18)23-21(26)17-6-5-10-25(17)16-8-12-27-13-9-16/h14,16-17,20H,3-13,15H2,1-2H3,(H,23,26). The maximum Gasteiger partial charge on any atom is 0.244 e. The van der Waals surface area contributed by atoms with Crippen LogP contribution in [0.2, 0.25) is 0 Å². The first-order valence-corrected chi connectivity index (χ1v) is 11.4. The SMILES string of the molecule is CC(C)(COC1CCCCO1)c1cc(NC(=O)C2CCCN2C2CCOCC2)on1. The fourth-order valence-corrected chi connectivity index (χ4v) is 4.60. The lowest BCUT2D eigenvalue weighted by Gasteiger charge is -2.34. The van der Waals surface area contributed by atoms with Crippen LogP contribution in [-0.4, -0.2) is 67.3 Å². The normalized spacial score (nSPS) is 26.7. The molecule has 2 unspecified atom stereocenters. The second-order valence-corrected chi connectivity index (χ2v) is 9.30. The largest absolute Gasteiger partial charge is 0.381 e. The van der Waals surface area contributed by atoms with Gasteiger partial charge in [0, 0.05) is 37.3 Å². The van der Waals surface area contributed by atoms with E-state index in [2.05, 4.69) is 29.2 Å².